The Balaban J connectivity index is 1.49. The van der Waals surface area contributed by atoms with Crippen LogP contribution in [-0.4, -0.2) is 43.3 Å². The van der Waals surface area contributed by atoms with Gasteiger partial charge in [0.25, 0.3) is 0 Å². The average molecular weight is 264 g/mol. The molecular formula is C15H21FN2O. The number of halogens is 1. The number of hydrogen-bond donors (Lipinski definition) is 1. The standard InChI is InChI=1S/C15H21FN2O/c16-13-3-1-12(2-4-13)10-17-14-5-6-18-7-8-19-11-15(18)9-14/h1-4,14-15,17H,5-11H2/t14-,15+/m1/s1. The molecule has 1 N–H and O–H groups in total. The van der Waals surface area contributed by atoms with Gasteiger partial charge in [0.1, 0.15) is 5.82 Å². The van der Waals surface area contributed by atoms with Crippen LogP contribution in [0.5, 0.6) is 0 Å². The normalized spacial score (nSPS) is 28.1. The Bertz CT molecular complexity index is 409. The molecule has 3 nitrogen and oxygen atoms in total. The number of fused-ring (bicyclic) bond motifs is 1. The van der Waals surface area contributed by atoms with Crippen LogP contribution in [0.3, 0.4) is 0 Å². The molecule has 0 saturated carbocycles. The third kappa shape index (κ3) is 3.32. The number of hydrogen-bond acceptors (Lipinski definition) is 3. The lowest BCUT2D eigenvalue weighted by Gasteiger charge is -2.42. The minimum Gasteiger partial charge on any atom is -0.378 e. The van der Waals surface area contributed by atoms with Gasteiger partial charge in [-0.2, -0.15) is 0 Å². The maximum absolute atomic E-state index is 12.8. The summed E-state index contributed by atoms with van der Waals surface area (Å²) >= 11 is 0. The van der Waals surface area contributed by atoms with E-state index < -0.39 is 0 Å². The van der Waals surface area contributed by atoms with Crippen LogP contribution in [0.2, 0.25) is 0 Å². The Kier molecular flexibility index (Phi) is 4.11. The average Bonchev–Trinajstić information content (AvgIpc) is 2.46. The molecule has 0 aromatic heterocycles. The highest BCUT2D eigenvalue weighted by Crippen LogP contribution is 2.20. The van der Waals surface area contributed by atoms with Crippen molar-refractivity contribution in [3.63, 3.8) is 0 Å². The number of piperidine rings is 1. The molecule has 2 saturated heterocycles. The molecule has 0 amide bonds. The Morgan fingerprint density at radius 3 is 2.95 bits per heavy atom. The van der Waals surface area contributed by atoms with Crippen LogP contribution in [0.15, 0.2) is 24.3 Å². The van der Waals surface area contributed by atoms with E-state index in [1.807, 2.05) is 12.1 Å². The summed E-state index contributed by atoms with van der Waals surface area (Å²) in [4.78, 5) is 2.54. The molecule has 0 radical (unpaired) electrons. The highest BCUT2D eigenvalue weighted by Gasteiger charge is 2.30. The van der Waals surface area contributed by atoms with Gasteiger partial charge in [0.05, 0.1) is 13.2 Å². The summed E-state index contributed by atoms with van der Waals surface area (Å²) in [6.45, 7) is 4.81. The van der Waals surface area contributed by atoms with Crippen molar-refractivity contribution in [1.82, 2.24) is 10.2 Å². The molecule has 104 valence electrons. The van der Waals surface area contributed by atoms with E-state index in [1.165, 1.54) is 18.6 Å². The van der Waals surface area contributed by atoms with Gasteiger partial charge in [-0.25, -0.2) is 4.39 Å². The van der Waals surface area contributed by atoms with Crippen molar-refractivity contribution in [3.8, 4) is 0 Å². The third-order valence-corrected chi connectivity index (χ3v) is 4.18. The van der Waals surface area contributed by atoms with Crippen LogP contribution >= 0.6 is 0 Å². The number of ether oxygens (including phenoxy) is 1. The molecule has 2 aliphatic rings. The molecule has 1 aromatic carbocycles. The fourth-order valence-electron chi connectivity index (χ4n) is 3.02. The van der Waals surface area contributed by atoms with Crippen LogP contribution in [-0.2, 0) is 11.3 Å². The maximum atomic E-state index is 12.8. The SMILES string of the molecule is Fc1ccc(CN[C@@H]2CCN3CCOC[C@@H]3C2)cc1. The van der Waals surface area contributed by atoms with Gasteiger partial charge >= 0.3 is 0 Å². The van der Waals surface area contributed by atoms with E-state index in [9.17, 15) is 4.39 Å². The van der Waals surface area contributed by atoms with Crippen molar-refractivity contribution in [2.75, 3.05) is 26.3 Å². The fourth-order valence-corrected chi connectivity index (χ4v) is 3.02. The molecule has 4 heteroatoms. The van der Waals surface area contributed by atoms with Crippen molar-refractivity contribution in [2.24, 2.45) is 0 Å². The van der Waals surface area contributed by atoms with Crippen molar-refractivity contribution >= 4 is 0 Å². The summed E-state index contributed by atoms with van der Waals surface area (Å²) in [6, 6.07) is 7.87. The molecule has 2 atom stereocenters. The van der Waals surface area contributed by atoms with E-state index in [0.717, 1.165) is 44.8 Å². The van der Waals surface area contributed by atoms with E-state index in [4.69, 9.17) is 4.74 Å². The summed E-state index contributed by atoms with van der Waals surface area (Å²) in [5.74, 6) is -0.170. The van der Waals surface area contributed by atoms with Crippen molar-refractivity contribution in [2.45, 2.75) is 31.5 Å². The lowest BCUT2D eigenvalue weighted by molar-refractivity contribution is -0.0298. The molecular weight excluding hydrogens is 243 g/mol. The van der Waals surface area contributed by atoms with Gasteiger partial charge in [0.15, 0.2) is 0 Å². The highest BCUT2D eigenvalue weighted by atomic mass is 19.1. The molecule has 0 bridgehead atoms. The molecule has 3 rings (SSSR count). The largest absolute Gasteiger partial charge is 0.378 e. The van der Waals surface area contributed by atoms with Gasteiger partial charge in [0.2, 0.25) is 0 Å². The van der Waals surface area contributed by atoms with Gasteiger partial charge < -0.3 is 10.1 Å². The van der Waals surface area contributed by atoms with E-state index >= 15 is 0 Å². The second kappa shape index (κ2) is 5.99. The third-order valence-electron chi connectivity index (χ3n) is 4.18. The predicted octanol–water partition coefficient (Wildman–Crippen LogP) is 1.78. The summed E-state index contributed by atoms with van der Waals surface area (Å²) in [6.07, 6.45) is 2.35. The second-order valence-corrected chi connectivity index (χ2v) is 5.49. The van der Waals surface area contributed by atoms with Gasteiger partial charge in [-0.15, -0.1) is 0 Å². The molecule has 19 heavy (non-hydrogen) atoms. The van der Waals surface area contributed by atoms with Gasteiger partial charge in [-0.05, 0) is 30.5 Å². The van der Waals surface area contributed by atoms with Crippen LogP contribution in [0, 0.1) is 5.82 Å². The van der Waals surface area contributed by atoms with Crippen molar-refractivity contribution in [3.05, 3.63) is 35.6 Å². The summed E-state index contributed by atoms with van der Waals surface area (Å²) in [5, 5.41) is 3.59. The summed E-state index contributed by atoms with van der Waals surface area (Å²) < 4.78 is 18.4. The zero-order valence-electron chi connectivity index (χ0n) is 11.1. The molecule has 2 heterocycles. The van der Waals surface area contributed by atoms with Crippen LogP contribution in [0.25, 0.3) is 0 Å². The lowest BCUT2D eigenvalue weighted by Crippen LogP contribution is -2.53. The van der Waals surface area contributed by atoms with Crippen molar-refractivity contribution < 1.29 is 9.13 Å². The lowest BCUT2D eigenvalue weighted by atomic mass is 9.96. The first-order valence-corrected chi connectivity index (χ1v) is 7.11. The molecule has 0 unspecified atom stereocenters. The van der Waals surface area contributed by atoms with E-state index in [0.29, 0.717) is 12.1 Å². The molecule has 2 fully saturated rings. The van der Waals surface area contributed by atoms with Gasteiger partial charge in [-0.3, -0.25) is 4.90 Å². The van der Waals surface area contributed by atoms with E-state index in [1.54, 1.807) is 0 Å². The molecule has 1 aromatic rings. The first kappa shape index (κ1) is 13.0. The Labute approximate surface area is 113 Å². The summed E-state index contributed by atoms with van der Waals surface area (Å²) in [5.41, 5.74) is 1.14. The minimum atomic E-state index is -0.170. The number of benzene rings is 1. The Morgan fingerprint density at radius 1 is 1.26 bits per heavy atom. The van der Waals surface area contributed by atoms with Gasteiger partial charge in [-0.1, -0.05) is 12.1 Å². The number of morpholine rings is 1. The topological polar surface area (TPSA) is 24.5 Å². The fraction of sp³-hybridized carbons (Fsp3) is 0.600. The van der Waals surface area contributed by atoms with E-state index in [-0.39, 0.29) is 5.82 Å². The highest BCUT2D eigenvalue weighted by molar-refractivity contribution is 5.15. The maximum Gasteiger partial charge on any atom is 0.123 e. The van der Waals surface area contributed by atoms with Crippen molar-refractivity contribution in [1.29, 1.82) is 0 Å². The smallest absolute Gasteiger partial charge is 0.123 e. The monoisotopic (exact) mass is 264 g/mol. The molecule has 2 aliphatic heterocycles. The van der Waals surface area contributed by atoms with E-state index in [2.05, 4.69) is 10.2 Å². The molecule has 0 aliphatic carbocycles. The number of nitrogens with one attached hydrogen (secondary N) is 1. The first-order valence-electron chi connectivity index (χ1n) is 7.11. The molecule has 0 spiro atoms. The zero-order chi connectivity index (χ0) is 13.1. The predicted molar refractivity (Wildman–Crippen MR) is 72.4 cm³/mol. The van der Waals surface area contributed by atoms with Crippen LogP contribution < -0.4 is 5.32 Å². The number of rotatable bonds is 3. The summed E-state index contributed by atoms with van der Waals surface area (Å²) in [7, 11) is 0. The Hall–Kier alpha value is -0.970. The van der Waals surface area contributed by atoms with Crippen LogP contribution in [0.1, 0.15) is 18.4 Å². The van der Waals surface area contributed by atoms with Gasteiger partial charge in [0, 0.05) is 31.7 Å². The quantitative estimate of drug-likeness (QED) is 0.900. The van der Waals surface area contributed by atoms with Crippen LogP contribution in [0.4, 0.5) is 4.39 Å². The Morgan fingerprint density at radius 2 is 2.11 bits per heavy atom. The zero-order valence-corrected chi connectivity index (χ0v) is 11.1. The number of nitrogens with zero attached hydrogens (tertiary/aromatic N) is 1. The minimum absolute atomic E-state index is 0.170. The second-order valence-electron chi connectivity index (χ2n) is 5.49. The first-order chi connectivity index (χ1) is 9.31.